The lowest BCUT2D eigenvalue weighted by Crippen LogP contribution is -2.37. The van der Waals surface area contributed by atoms with Crippen LogP contribution in [0.5, 0.6) is 0 Å². The molecule has 3 amide bonds. The van der Waals surface area contributed by atoms with Crippen LogP contribution in [0.3, 0.4) is 0 Å². The summed E-state index contributed by atoms with van der Waals surface area (Å²) in [6.45, 7) is 3.66. The van der Waals surface area contributed by atoms with E-state index in [0.29, 0.717) is 18.8 Å². The molecular formula is C20H19Cl2N3O5S. The molecule has 1 aliphatic rings. The van der Waals surface area contributed by atoms with Crippen molar-refractivity contribution in [3.05, 3.63) is 57.6 Å². The average Bonchev–Trinajstić information content (AvgIpc) is 2.94. The number of amides is 3. The number of imide groups is 1. The Morgan fingerprint density at radius 3 is 1.90 bits per heavy atom. The molecule has 0 fully saturated rings. The Balaban J connectivity index is 1.70. The van der Waals surface area contributed by atoms with Crippen LogP contribution in [0.15, 0.2) is 41.3 Å². The predicted octanol–water partition coefficient (Wildman–Crippen LogP) is 3.26. The van der Waals surface area contributed by atoms with Crippen LogP contribution >= 0.6 is 23.2 Å². The molecule has 0 saturated carbocycles. The second kappa shape index (κ2) is 8.96. The van der Waals surface area contributed by atoms with E-state index in [2.05, 4.69) is 5.32 Å². The topological polar surface area (TPSA) is 104 Å². The molecule has 0 atom stereocenters. The molecule has 3 rings (SSSR count). The van der Waals surface area contributed by atoms with E-state index in [4.69, 9.17) is 23.2 Å². The van der Waals surface area contributed by atoms with Crippen LogP contribution in [-0.2, 0) is 14.8 Å². The molecule has 0 radical (unpaired) electrons. The first kappa shape index (κ1) is 23.2. The van der Waals surface area contributed by atoms with Crippen molar-refractivity contribution in [3.8, 4) is 0 Å². The molecule has 0 aliphatic carbocycles. The van der Waals surface area contributed by atoms with Gasteiger partial charge in [-0.1, -0.05) is 37.0 Å². The van der Waals surface area contributed by atoms with Gasteiger partial charge < -0.3 is 5.32 Å². The first-order chi connectivity index (χ1) is 14.6. The number of benzene rings is 2. The average molecular weight is 484 g/mol. The van der Waals surface area contributed by atoms with Crippen molar-refractivity contribution in [2.75, 3.05) is 25.0 Å². The lowest BCUT2D eigenvalue weighted by atomic mass is 10.1. The molecule has 0 spiro atoms. The molecule has 11 heteroatoms. The first-order valence-corrected chi connectivity index (χ1v) is 11.5. The zero-order valence-electron chi connectivity index (χ0n) is 16.7. The summed E-state index contributed by atoms with van der Waals surface area (Å²) in [5.74, 6) is -1.91. The summed E-state index contributed by atoms with van der Waals surface area (Å²) in [5, 5.41) is 2.81. The van der Waals surface area contributed by atoms with Gasteiger partial charge in [-0.2, -0.15) is 4.31 Å². The molecule has 1 heterocycles. The first-order valence-electron chi connectivity index (χ1n) is 9.35. The van der Waals surface area contributed by atoms with Crippen molar-refractivity contribution in [1.82, 2.24) is 9.21 Å². The number of anilines is 1. The Hall–Kier alpha value is -2.46. The van der Waals surface area contributed by atoms with E-state index in [0.717, 1.165) is 4.90 Å². The molecule has 0 aromatic heterocycles. The quantitative estimate of drug-likeness (QED) is 0.608. The standard InChI is InChI=1S/C20H19Cl2N3O5S/c1-3-24(4-2)31(29,30)13-7-5-12(6-8-13)23-18(26)11-25-19(27)14-9-16(21)17(22)10-15(14)20(25)28/h5-10H,3-4,11H2,1-2H3,(H,23,26). The number of carbonyl (C=O) groups is 3. The third-order valence-corrected chi connectivity index (χ3v) is 7.58. The lowest BCUT2D eigenvalue weighted by Gasteiger charge is -2.18. The second-order valence-corrected chi connectivity index (χ2v) is 9.42. The number of fused-ring (bicyclic) bond motifs is 1. The largest absolute Gasteiger partial charge is 0.325 e. The van der Waals surface area contributed by atoms with Crippen molar-refractivity contribution >= 4 is 56.6 Å². The van der Waals surface area contributed by atoms with Gasteiger partial charge in [-0.3, -0.25) is 19.3 Å². The van der Waals surface area contributed by atoms with Gasteiger partial charge in [0, 0.05) is 18.8 Å². The third kappa shape index (κ3) is 4.45. The number of nitrogens with one attached hydrogen (secondary N) is 1. The Kier molecular flexibility index (Phi) is 6.70. The minimum Gasteiger partial charge on any atom is -0.325 e. The molecule has 2 aromatic carbocycles. The van der Waals surface area contributed by atoms with Crippen molar-refractivity contribution in [1.29, 1.82) is 0 Å². The van der Waals surface area contributed by atoms with Gasteiger partial charge in [-0.15, -0.1) is 0 Å². The number of halogens is 2. The van der Waals surface area contributed by atoms with Crippen LogP contribution < -0.4 is 5.32 Å². The van der Waals surface area contributed by atoms with Gasteiger partial charge in [-0.05, 0) is 36.4 Å². The highest BCUT2D eigenvalue weighted by atomic mass is 35.5. The molecule has 31 heavy (non-hydrogen) atoms. The monoisotopic (exact) mass is 483 g/mol. The summed E-state index contributed by atoms with van der Waals surface area (Å²) in [7, 11) is -3.62. The molecule has 1 N–H and O–H groups in total. The molecule has 164 valence electrons. The van der Waals surface area contributed by atoms with Crippen LogP contribution in [0.4, 0.5) is 5.69 Å². The van der Waals surface area contributed by atoms with Crippen LogP contribution in [0.1, 0.15) is 34.6 Å². The Labute approximate surface area is 189 Å². The normalized spacial score (nSPS) is 13.6. The number of hydrogen-bond acceptors (Lipinski definition) is 5. The molecule has 0 unspecified atom stereocenters. The summed E-state index contributed by atoms with van der Waals surface area (Å²) in [5.41, 5.74) is 0.488. The number of rotatable bonds is 7. The Morgan fingerprint density at radius 2 is 1.45 bits per heavy atom. The summed E-state index contributed by atoms with van der Waals surface area (Å²) in [6.07, 6.45) is 0. The van der Waals surface area contributed by atoms with E-state index < -0.39 is 34.3 Å². The van der Waals surface area contributed by atoms with Crippen LogP contribution in [-0.4, -0.2) is 55.0 Å². The summed E-state index contributed by atoms with van der Waals surface area (Å²) < 4.78 is 26.4. The summed E-state index contributed by atoms with van der Waals surface area (Å²) in [6, 6.07) is 8.25. The van der Waals surface area contributed by atoms with E-state index in [1.807, 2.05) is 0 Å². The summed E-state index contributed by atoms with van der Waals surface area (Å²) in [4.78, 5) is 38.3. The molecule has 0 saturated heterocycles. The minimum absolute atomic E-state index is 0.0816. The fourth-order valence-corrected chi connectivity index (χ4v) is 4.98. The van der Waals surface area contributed by atoms with Crippen LogP contribution in [0, 0.1) is 0 Å². The number of carbonyl (C=O) groups excluding carboxylic acids is 3. The minimum atomic E-state index is -3.62. The maximum absolute atomic E-state index is 12.5. The predicted molar refractivity (Wildman–Crippen MR) is 117 cm³/mol. The highest BCUT2D eigenvalue weighted by molar-refractivity contribution is 7.89. The van der Waals surface area contributed by atoms with Crippen molar-refractivity contribution in [3.63, 3.8) is 0 Å². The smallest absolute Gasteiger partial charge is 0.262 e. The number of nitrogens with zero attached hydrogens (tertiary/aromatic N) is 2. The zero-order valence-corrected chi connectivity index (χ0v) is 19.0. The molecule has 1 aliphatic heterocycles. The molecular weight excluding hydrogens is 465 g/mol. The van der Waals surface area contributed by atoms with E-state index >= 15 is 0 Å². The SMILES string of the molecule is CCN(CC)S(=O)(=O)c1ccc(NC(=O)CN2C(=O)c3cc(Cl)c(Cl)cc3C2=O)cc1. The van der Waals surface area contributed by atoms with E-state index in [-0.39, 0.29) is 26.1 Å². The fourth-order valence-electron chi connectivity index (χ4n) is 3.19. The zero-order chi connectivity index (χ0) is 22.9. The third-order valence-electron chi connectivity index (χ3n) is 4.79. The van der Waals surface area contributed by atoms with Gasteiger partial charge in [0.2, 0.25) is 15.9 Å². The number of hydrogen-bond donors (Lipinski definition) is 1. The van der Waals surface area contributed by atoms with Crippen molar-refractivity contribution in [2.24, 2.45) is 0 Å². The fraction of sp³-hybridized carbons (Fsp3) is 0.250. The Morgan fingerprint density at radius 1 is 0.968 bits per heavy atom. The van der Waals surface area contributed by atoms with Gasteiger partial charge in [-0.25, -0.2) is 8.42 Å². The molecule has 2 aromatic rings. The maximum Gasteiger partial charge on any atom is 0.262 e. The van der Waals surface area contributed by atoms with Crippen molar-refractivity contribution < 1.29 is 22.8 Å². The van der Waals surface area contributed by atoms with Gasteiger partial charge in [0.1, 0.15) is 6.54 Å². The van der Waals surface area contributed by atoms with E-state index in [1.54, 1.807) is 13.8 Å². The Bertz CT molecular complexity index is 1120. The van der Waals surface area contributed by atoms with Gasteiger partial charge in [0.05, 0.1) is 26.1 Å². The van der Waals surface area contributed by atoms with E-state index in [1.165, 1.54) is 40.7 Å². The molecule has 8 nitrogen and oxygen atoms in total. The molecule has 0 bridgehead atoms. The van der Waals surface area contributed by atoms with Gasteiger partial charge in [0.15, 0.2) is 0 Å². The maximum atomic E-state index is 12.5. The summed E-state index contributed by atoms with van der Waals surface area (Å²) >= 11 is 11.8. The van der Waals surface area contributed by atoms with Gasteiger partial charge >= 0.3 is 0 Å². The van der Waals surface area contributed by atoms with Crippen LogP contribution in [0.2, 0.25) is 10.0 Å². The van der Waals surface area contributed by atoms with Crippen molar-refractivity contribution in [2.45, 2.75) is 18.7 Å². The van der Waals surface area contributed by atoms with Gasteiger partial charge in [0.25, 0.3) is 11.8 Å². The number of sulfonamides is 1. The lowest BCUT2D eigenvalue weighted by molar-refractivity contribution is -0.116. The highest BCUT2D eigenvalue weighted by Gasteiger charge is 2.37. The second-order valence-electron chi connectivity index (χ2n) is 6.67. The van der Waals surface area contributed by atoms with Crippen LogP contribution in [0.25, 0.3) is 0 Å². The highest BCUT2D eigenvalue weighted by Crippen LogP contribution is 2.31. The van der Waals surface area contributed by atoms with E-state index in [9.17, 15) is 22.8 Å².